The van der Waals surface area contributed by atoms with Crippen molar-refractivity contribution in [3.63, 3.8) is 0 Å². The molecule has 0 saturated heterocycles. The van der Waals surface area contributed by atoms with Crippen LogP contribution in [0.5, 0.6) is 0 Å². The van der Waals surface area contributed by atoms with Gasteiger partial charge < -0.3 is 5.32 Å². The number of nitrogens with one attached hydrogen (secondary N) is 1. The van der Waals surface area contributed by atoms with Gasteiger partial charge in [0, 0.05) is 5.75 Å². The van der Waals surface area contributed by atoms with E-state index in [1.54, 1.807) is 23.9 Å². The molecule has 27 heavy (non-hydrogen) atoms. The Morgan fingerprint density at radius 3 is 1.96 bits per heavy atom. The van der Waals surface area contributed by atoms with Crippen molar-refractivity contribution in [1.82, 2.24) is 5.32 Å². The van der Waals surface area contributed by atoms with Crippen LogP contribution in [0.1, 0.15) is 28.3 Å². The number of hydrogen-bond donors (Lipinski definition) is 1. The summed E-state index contributed by atoms with van der Waals surface area (Å²) >= 11 is 1.57. The smallest absolute Gasteiger partial charge is 0.230 e. The van der Waals surface area contributed by atoms with Crippen molar-refractivity contribution in [2.24, 2.45) is 0 Å². The van der Waals surface area contributed by atoms with Crippen molar-refractivity contribution in [2.75, 3.05) is 5.75 Å². The lowest BCUT2D eigenvalue weighted by Gasteiger charge is -2.20. The third-order valence-corrected chi connectivity index (χ3v) is 5.16. The van der Waals surface area contributed by atoms with Crippen LogP contribution in [-0.4, -0.2) is 11.7 Å². The third kappa shape index (κ3) is 5.47. The Bertz CT molecular complexity index is 863. The van der Waals surface area contributed by atoms with Crippen molar-refractivity contribution in [3.05, 3.63) is 107 Å². The molecule has 0 fully saturated rings. The normalized spacial score (nSPS) is 10.4. The molecule has 1 amide bonds. The summed E-state index contributed by atoms with van der Waals surface area (Å²) in [5, 5.41) is 12.0. The van der Waals surface area contributed by atoms with Gasteiger partial charge in [-0.05, 0) is 28.8 Å². The summed E-state index contributed by atoms with van der Waals surface area (Å²) in [6, 6.07) is 29.4. The van der Waals surface area contributed by atoms with Crippen molar-refractivity contribution in [1.29, 1.82) is 5.26 Å². The Kier molecular flexibility index (Phi) is 6.67. The molecule has 3 aromatic carbocycles. The molecule has 0 atom stereocenters. The maximum atomic E-state index is 12.5. The third-order valence-electron chi connectivity index (χ3n) is 4.16. The Morgan fingerprint density at radius 2 is 1.44 bits per heavy atom. The van der Waals surface area contributed by atoms with Crippen LogP contribution >= 0.6 is 11.8 Å². The van der Waals surface area contributed by atoms with Gasteiger partial charge in [0.25, 0.3) is 0 Å². The molecule has 0 unspecified atom stereocenters. The molecule has 1 N–H and O–H groups in total. The van der Waals surface area contributed by atoms with Crippen LogP contribution in [-0.2, 0) is 10.5 Å². The summed E-state index contributed by atoms with van der Waals surface area (Å²) in [5.41, 5.74) is 3.88. The lowest BCUT2D eigenvalue weighted by molar-refractivity contribution is -0.119. The van der Waals surface area contributed by atoms with Crippen LogP contribution in [0.25, 0.3) is 0 Å². The number of benzene rings is 3. The first-order valence-electron chi connectivity index (χ1n) is 8.72. The van der Waals surface area contributed by atoms with Gasteiger partial charge in [-0.2, -0.15) is 5.26 Å². The Hall–Kier alpha value is -3.03. The zero-order valence-corrected chi connectivity index (χ0v) is 15.7. The molecule has 0 radical (unpaired) electrons. The first-order chi connectivity index (χ1) is 13.3. The zero-order chi connectivity index (χ0) is 18.9. The molecule has 0 heterocycles. The van der Waals surface area contributed by atoms with E-state index in [0.717, 1.165) is 22.4 Å². The molecule has 3 aromatic rings. The van der Waals surface area contributed by atoms with E-state index in [2.05, 4.69) is 11.4 Å². The van der Waals surface area contributed by atoms with Gasteiger partial charge in [0.15, 0.2) is 0 Å². The maximum Gasteiger partial charge on any atom is 0.230 e. The number of carbonyl (C=O) groups is 1. The Balaban J connectivity index is 1.60. The zero-order valence-electron chi connectivity index (χ0n) is 14.8. The number of hydrogen-bond acceptors (Lipinski definition) is 3. The van der Waals surface area contributed by atoms with Crippen molar-refractivity contribution in [3.8, 4) is 6.07 Å². The summed E-state index contributed by atoms with van der Waals surface area (Å²) in [6.45, 7) is 0. The van der Waals surface area contributed by atoms with E-state index in [1.807, 2.05) is 72.8 Å². The van der Waals surface area contributed by atoms with Crippen LogP contribution < -0.4 is 5.32 Å². The van der Waals surface area contributed by atoms with Crippen LogP contribution in [0.4, 0.5) is 0 Å². The molecular formula is C23H20N2OS. The monoisotopic (exact) mass is 372 g/mol. The highest BCUT2D eigenvalue weighted by Gasteiger charge is 2.16. The average Bonchev–Trinajstić information content (AvgIpc) is 2.74. The van der Waals surface area contributed by atoms with Gasteiger partial charge in [0.2, 0.25) is 5.91 Å². The number of rotatable bonds is 7. The van der Waals surface area contributed by atoms with Gasteiger partial charge in [-0.25, -0.2) is 0 Å². The van der Waals surface area contributed by atoms with Gasteiger partial charge in [-0.1, -0.05) is 72.8 Å². The molecule has 0 saturated carbocycles. The maximum absolute atomic E-state index is 12.5. The van der Waals surface area contributed by atoms with Gasteiger partial charge in [-0.15, -0.1) is 11.8 Å². The molecule has 0 aliphatic carbocycles. The molecule has 0 aliphatic heterocycles. The lowest BCUT2D eigenvalue weighted by Crippen LogP contribution is -2.30. The average molecular weight is 372 g/mol. The molecule has 0 bridgehead atoms. The summed E-state index contributed by atoms with van der Waals surface area (Å²) in [7, 11) is 0. The van der Waals surface area contributed by atoms with E-state index < -0.39 is 0 Å². The predicted molar refractivity (Wildman–Crippen MR) is 110 cm³/mol. The van der Waals surface area contributed by atoms with Crippen LogP contribution in [0, 0.1) is 11.3 Å². The second-order valence-electron chi connectivity index (χ2n) is 6.12. The van der Waals surface area contributed by atoms with Crippen LogP contribution in [0.3, 0.4) is 0 Å². The van der Waals surface area contributed by atoms with E-state index in [-0.39, 0.29) is 11.9 Å². The minimum atomic E-state index is -0.157. The minimum Gasteiger partial charge on any atom is -0.344 e. The summed E-state index contributed by atoms with van der Waals surface area (Å²) in [4.78, 5) is 12.5. The fourth-order valence-electron chi connectivity index (χ4n) is 2.79. The lowest BCUT2D eigenvalue weighted by atomic mass is 9.99. The van der Waals surface area contributed by atoms with Crippen molar-refractivity contribution < 1.29 is 4.79 Å². The number of amides is 1. The predicted octanol–water partition coefficient (Wildman–Crippen LogP) is 4.70. The second-order valence-corrected chi connectivity index (χ2v) is 7.11. The first-order valence-corrected chi connectivity index (χ1v) is 9.88. The molecule has 0 spiro atoms. The van der Waals surface area contributed by atoms with Gasteiger partial charge in [0.05, 0.1) is 23.4 Å². The van der Waals surface area contributed by atoms with E-state index in [1.165, 1.54) is 0 Å². The largest absolute Gasteiger partial charge is 0.344 e. The Labute approximate surface area is 164 Å². The summed E-state index contributed by atoms with van der Waals surface area (Å²) in [6.07, 6.45) is 0. The first kappa shape index (κ1) is 18.8. The molecule has 0 aliphatic rings. The van der Waals surface area contributed by atoms with E-state index in [4.69, 9.17) is 5.26 Å². The standard InChI is InChI=1S/C23H20N2OS/c24-15-18-11-13-19(14-12-18)16-27-17-22(26)25-23(20-7-3-1-4-8-20)21-9-5-2-6-10-21/h1-14,23H,16-17H2,(H,25,26). The molecule has 3 rings (SSSR count). The highest BCUT2D eigenvalue weighted by Crippen LogP contribution is 2.22. The van der Waals surface area contributed by atoms with Crippen LogP contribution in [0.15, 0.2) is 84.9 Å². The van der Waals surface area contributed by atoms with Gasteiger partial charge in [0.1, 0.15) is 0 Å². The fraction of sp³-hybridized carbons (Fsp3) is 0.130. The molecular weight excluding hydrogens is 352 g/mol. The SMILES string of the molecule is N#Cc1ccc(CSCC(=O)NC(c2ccccc2)c2ccccc2)cc1. The molecule has 3 nitrogen and oxygen atoms in total. The van der Waals surface area contributed by atoms with Crippen LogP contribution in [0.2, 0.25) is 0 Å². The Morgan fingerprint density at radius 1 is 0.889 bits per heavy atom. The highest BCUT2D eigenvalue weighted by molar-refractivity contribution is 7.99. The molecule has 4 heteroatoms. The summed E-state index contributed by atoms with van der Waals surface area (Å²) in [5.74, 6) is 1.13. The fourth-order valence-corrected chi connectivity index (χ4v) is 3.59. The van der Waals surface area contributed by atoms with E-state index in [0.29, 0.717) is 11.3 Å². The second kappa shape index (κ2) is 9.61. The molecule has 0 aromatic heterocycles. The van der Waals surface area contributed by atoms with Crippen molar-refractivity contribution in [2.45, 2.75) is 11.8 Å². The van der Waals surface area contributed by atoms with Gasteiger partial charge in [-0.3, -0.25) is 4.79 Å². The summed E-state index contributed by atoms with van der Waals surface area (Å²) < 4.78 is 0. The van der Waals surface area contributed by atoms with Crippen molar-refractivity contribution >= 4 is 17.7 Å². The highest BCUT2D eigenvalue weighted by atomic mass is 32.2. The number of nitriles is 1. The molecule has 134 valence electrons. The quantitative estimate of drug-likeness (QED) is 0.654. The van der Waals surface area contributed by atoms with E-state index in [9.17, 15) is 4.79 Å². The topological polar surface area (TPSA) is 52.9 Å². The number of nitrogens with zero attached hydrogens (tertiary/aromatic N) is 1. The van der Waals surface area contributed by atoms with E-state index >= 15 is 0 Å². The minimum absolute atomic E-state index is 0.00588. The number of thioether (sulfide) groups is 1. The number of carbonyl (C=O) groups excluding carboxylic acids is 1. The van der Waals surface area contributed by atoms with Gasteiger partial charge >= 0.3 is 0 Å².